The Labute approximate surface area is 213 Å². The van der Waals surface area contributed by atoms with Gasteiger partial charge in [-0.25, -0.2) is 4.98 Å². The van der Waals surface area contributed by atoms with E-state index in [2.05, 4.69) is 67.2 Å². The third kappa shape index (κ3) is 4.62. The highest BCUT2D eigenvalue weighted by atomic mass is 16.1. The van der Waals surface area contributed by atoms with Crippen LogP contribution < -0.4 is 15.8 Å². The molecule has 1 saturated carbocycles. The highest BCUT2D eigenvalue weighted by Crippen LogP contribution is 2.45. The van der Waals surface area contributed by atoms with Gasteiger partial charge in [0, 0.05) is 43.1 Å². The zero-order valence-corrected chi connectivity index (χ0v) is 22.6. The van der Waals surface area contributed by atoms with Crippen molar-refractivity contribution in [2.45, 2.75) is 52.5 Å². The maximum absolute atomic E-state index is 13.7. The highest BCUT2D eigenvalue weighted by Gasteiger charge is 2.44. The molecule has 1 fully saturated rings. The molecule has 8 heteroatoms. The second kappa shape index (κ2) is 10.0. The lowest BCUT2D eigenvalue weighted by Crippen LogP contribution is -2.51. The van der Waals surface area contributed by atoms with E-state index in [-0.39, 0.29) is 28.4 Å². The largest absolute Gasteiger partial charge is 0.373 e. The van der Waals surface area contributed by atoms with Gasteiger partial charge < -0.3 is 15.1 Å². The summed E-state index contributed by atoms with van der Waals surface area (Å²) in [7, 11) is 6.22. The number of benzene rings is 1. The first-order valence-corrected chi connectivity index (χ1v) is 12.7. The quantitative estimate of drug-likeness (QED) is 0.440. The molecule has 2 aromatic heterocycles. The first kappa shape index (κ1) is 25.8. The maximum atomic E-state index is 13.7. The molecule has 0 spiro atoms. The van der Waals surface area contributed by atoms with Crippen molar-refractivity contribution >= 4 is 34.1 Å². The van der Waals surface area contributed by atoms with E-state index in [0.717, 1.165) is 49.1 Å². The summed E-state index contributed by atoms with van der Waals surface area (Å²) in [4.78, 5) is 40.0. The molecule has 36 heavy (non-hydrogen) atoms. The summed E-state index contributed by atoms with van der Waals surface area (Å²) in [6.07, 6.45) is 4.59. The lowest BCUT2D eigenvalue weighted by molar-refractivity contribution is 0.0800. The van der Waals surface area contributed by atoms with Crippen molar-refractivity contribution in [1.82, 2.24) is 19.4 Å². The summed E-state index contributed by atoms with van der Waals surface area (Å²) in [5, 5.41) is 4.05. The molecule has 4 rings (SSSR count). The number of likely N-dealkylation sites (N-methyl/N-ethyl adjacent to an activating group) is 2. The summed E-state index contributed by atoms with van der Waals surface area (Å²) in [5.41, 5.74) is 2.90. The zero-order valence-electron chi connectivity index (χ0n) is 22.6. The molecule has 0 aliphatic heterocycles. The van der Waals surface area contributed by atoms with E-state index >= 15 is 0 Å². The molecule has 0 radical (unpaired) electrons. The lowest BCUT2D eigenvalue weighted by Gasteiger charge is -2.47. The number of nitrogens with zero attached hydrogens (tertiary/aromatic N) is 5. The second-order valence-electron chi connectivity index (χ2n) is 10.6. The van der Waals surface area contributed by atoms with Gasteiger partial charge in [0.2, 0.25) is 5.95 Å². The second-order valence-corrected chi connectivity index (χ2v) is 10.6. The van der Waals surface area contributed by atoms with Gasteiger partial charge in [0.15, 0.2) is 5.78 Å². The van der Waals surface area contributed by atoms with Crippen LogP contribution in [0.5, 0.6) is 0 Å². The topological polar surface area (TPSA) is 83.4 Å². The highest BCUT2D eigenvalue weighted by molar-refractivity contribution is 5.99. The molecular weight excluding hydrogens is 452 g/mol. The Morgan fingerprint density at radius 1 is 1.14 bits per heavy atom. The number of Topliss-reactive ketones (excluding diaryl/α,β-unsaturated/α-hetero) is 1. The number of nitrogens with one attached hydrogen (secondary N) is 1. The van der Waals surface area contributed by atoms with Crippen LogP contribution in [0.3, 0.4) is 0 Å². The Hall–Kier alpha value is -3.26. The molecule has 1 aliphatic rings. The molecule has 0 atom stereocenters. The fourth-order valence-electron chi connectivity index (χ4n) is 5.20. The van der Waals surface area contributed by atoms with Crippen LogP contribution in [0.2, 0.25) is 0 Å². The van der Waals surface area contributed by atoms with Gasteiger partial charge in [0.05, 0.1) is 11.1 Å². The van der Waals surface area contributed by atoms with Crippen molar-refractivity contribution in [3.63, 3.8) is 0 Å². The number of aryl methyl sites for hydroxylation is 1. The lowest BCUT2D eigenvalue weighted by atomic mass is 9.68. The number of carbonyl (C=O) groups is 1. The molecule has 0 bridgehead atoms. The number of fused-ring (bicyclic) bond motifs is 1. The molecule has 0 saturated heterocycles. The standard InChI is InChI=1S/C28H38N6O2/c1-18(2)28(13-8-14-28)34-25-23(19(3)24(20(4)35)26(34)36)17-29-27(31-25)30-21-9-11-22(12-10-21)33(7)16-15-32(5)6/h9-12,17-18H,8,13-16H2,1-7H3,(H,29,30,31). The Bertz CT molecular complexity index is 1320. The molecular formula is C28H38N6O2. The van der Waals surface area contributed by atoms with E-state index in [4.69, 9.17) is 4.98 Å². The van der Waals surface area contributed by atoms with Crippen molar-refractivity contribution in [1.29, 1.82) is 0 Å². The van der Waals surface area contributed by atoms with E-state index in [1.54, 1.807) is 10.8 Å². The molecule has 2 heterocycles. The Balaban J connectivity index is 1.74. The number of rotatable bonds is 9. The van der Waals surface area contributed by atoms with Crippen molar-refractivity contribution < 1.29 is 4.79 Å². The number of pyridine rings is 1. The Morgan fingerprint density at radius 3 is 2.33 bits per heavy atom. The minimum atomic E-state index is -0.336. The minimum absolute atomic E-state index is 0.218. The SMILES string of the molecule is CC(=O)c1c(C)c2cnc(Nc3ccc(N(C)CCN(C)C)cc3)nc2n(C2(C(C)C)CCC2)c1=O. The van der Waals surface area contributed by atoms with Crippen LogP contribution in [0.4, 0.5) is 17.3 Å². The van der Waals surface area contributed by atoms with Crippen molar-refractivity contribution in [2.24, 2.45) is 5.92 Å². The van der Waals surface area contributed by atoms with Crippen LogP contribution in [0.15, 0.2) is 35.3 Å². The van der Waals surface area contributed by atoms with Crippen LogP contribution in [-0.4, -0.2) is 59.5 Å². The van der Waals surface area contributed by atoms with Gasteiger partial charge in [-0.1, -0.05) is 13.8 Å². The number of aromatic nitrogens is 3. The predicted octanol–water partition coefficient (Wildman–Crippen LogP) is 4.58. The zero-order chi connectivity index (χ0) is 26.2. The Morgan fingerprint density at radius 2 is 1.81 bits per heavy atom. The van der Waals surface area contributed by atoms with Crippen LogP contribution >= 0.6 is 0 Å². The molecule has 1 N–H and O–H groups in total. The van der Waals surface area contributed by atoms with Crippen LogP contribution in [0.25, 0.3) is 11.0 Å². The minimum Gasteiger partial charge on any atom is -0.373 e. The van der Waals surface area contributed by atoms with Crippen LogP contribution in [0.1, 0.15) is 56.0 Å². The third-order valence-corrected chi connectivity index (χ3v) is 7.71. The van der Waals surface area contributed by atoms with Gasteiger partial charge in [-0.2, -0.15) is 4.98 Å². The van der Waals surface area contributed by atoms with E-state index in [1.807, 2.05) is 19.1 Å². The average Bonchev–Trinajstić information content (AvgIpc) is 2.79. The molecule has 1 aliphatic carbocycles. The van der Waals surface area contributed by atoms with E-state index in [0.29, 0.717) is 17.2 Å². The van der Waals surface area contributed by atoms with Gasteiger partial charge >= 0.3 is 0 Å². The summed E-state index contributed by atoms with van der Waals surface area (Å²) in [6, 6.07) is 8.16. The molecule has 192 valence electrons. The first-order chi connectivity index (χ1) is 17.0. The molecule has 1 aromatic carbocycles. The van der Waals surface area contributed by atoms with Gasteiger partial charge in [-0.15, -0.1) is 0 Å². The summed E-state index contributed by atoms with van der Waals surface area (Å²) in [6.45, 7) is 9.47. The van der Waals surface area contributed by atoms with Gasteiger partial charge in [-0.3, -0.25) is 14.2 Å². The summed E-state index contributed by atoms with van der Waals surface area (Å²) >= 11 is 0. The fraction of sp³-hybridized carbons (Fsp3) is 0.500. The first-order valence-electron chi connectivity index (χ1n) is 12.7. The van der Waals surface area contributed by atoms with E-state index in [1.165, 1.54) is 6.92 Å². The normalized spacial score (nSPS) is 14.8. The summed E-state index contributed by atoms with van der Waals surface area (Å²) < 4.78 is 1.80. The number of hydrogen-bond acceptors (Lipinski definition) is 7. The van der Waals surface area contributed by atoms with Crippen molar-refractivity contribution in [2.75, 3.05) is 44.4 Å². The molecule has 0 amide bonds. The van der Waals surface area contributed by atoms with Crippen molar-refractivity contribution in [3.8, 4) is 0 Å². The predicted molar refractivity (Wildman–Crippen MR) is 147 cm³/mol. The monoisotopic (exact) mass is 490 g/mol. The number of hydrogen-bond donors (Lipinski definition) is 1. The van der Waals surface area contributed by atoms with E-state index in [9.17, 15) is 9.59 Å². The molecule has 3 aromatic rings. The van der Waals surface area contributed by atoms with Crippen molar-refractivity contribution in [3.05, 3.63) is 51.9 Å². The summed E-state index contributed by atoms with van der Waals surface area (Å²) in [5.74, 6) is 0.444. The van der Waals surface area contributed by atoms with Gasteiger partial charge in [-0.05, 0) is 83.0 Å². The molecule has 0 unspecified atom stereocenters. The smallest absolute Gasteiger partial charge is 0.263 e. The number of ketones is 1. The van der Waals surface area contributed by atoms with Crippen LogP contribution in [0, 0.1) is 12.8 Å². The number of carbonyl (C=O) groups excluding carboxylic acids is 1. The average molecular weight is 491 g/mol. The molecule has 8 nitrogen and oxygen atoms in total. The number of anilines is 3. The fourth-order valence-corrected chi connectivity index (χ4v) is 5.20. The maximum Gasteiger partial charge on any atom is 0.263 e. The van der Waals surface area contributed by atoms with Gasteiger partial charge in [0.1, 0.15) is 5.65 Å². The van der Waals surface area contributed by atoms with Gasteiger partial charge in [0.25, 0.3) is 5.56 Å². The Kier molecular flexibility index (Phi) is 7.18. The third-order valence-electron chi connectivity index (χ3n) is 7.71. The van der Waals surface area contributed by atoms with E-state index < -0.39 is 0 Å². The van der Waals surface area contributed by atoms with Crippen LogP contribution in [-0.2, 0) is 5.54 Å².